The molecule has 16 heavy (non-hydrogen) atoms. The van der Waals surface area contributed by atoms with E-state index in [0.717, 1.165) is 25.4 Å². The highest BCUT2D eigenvalue weighted by Gasteiger charge is 2.29. The molecule has 0 radical (unpaired) electrons. The quantitative estimate of drug-likeness (QED) is 0.751. The predicted octanol–water partition coefficient (Wildman–Crippen LogP) is 3.36. The molecule has 2 heteroatoms. The van der Waals surface area contributed by atoms with Crippen LogP contribution in [-0.2, 0) is 4.74 Å². The van der Waals surface area contributed by atoms with Crippen molar-refractivity contribution in [3.8, 4) is 0 Å². The minimum Gasteiger partial charge on any atom is -0.371 e. The van der Waals surface area contributed by atoms with E-state index in [1.165, 1.54) is 25.7 Å². The second-order valence-electron chi connectivity index (χ2n) is 5.60. The average Bonchev–Trinajstić information content (AvgIpc) is 2.26. The summed E-state index contributed by atoms with van der Waals surface area (Å²) in [7, 11) is 0. The lowest BCUT2D eigenvalue weighted by Gasteiger charge is -2.37. The summed E-state index contributed by atoms with van der Waals surface area (Å²) >= 11 is 0. The van der Waals surface area contributed by atoms with E-state index in [9.17, 15) is 0 Å². The van der Waals surface area contributed by atoms with Gasteiger partial charge >= 0.3 is 0 Å². The fraction of sp³-hybridized carbons (Fsp3) is 1.00. The summed E-state index contributed by atoms with van der Waals surface area (Å²) in [5, 5.41) is 3.42. The maximum atomic E-state index is 6.34. The van der Waals surface area contributed by atoms with Crippen LogP contribution in [0.4, 0.5) is 0 Å². The average molecular weight is 227 g/mol. The smallest absolute Gasteiger partial charge is 0.0779 e. The Morgan fingerprint density at radius 3 is 2.62 bits per heavy atom. The van der Waals surface area contributed by atoms with Crippen LogP contribution >= 0.6 is 0 Å². The standard InChI is InChI=1S/C14H29NO/c1-5-14(4,11-15-6-2)16-13-9-7-8-12(3)10-13/h12-13,15H,5-11H2,1-4H3. The molecule has 0 amide bonds. The van der Waals surface area contributed by atoms with Gasteiger partial charge in [0.05, 0.1) is 11.7 Å². The summed E-state index contributed by atoms with van der Waals surface area (Å²) in [4.78, 5) is 0. The fourth-order valence-electron chi connectivity index (χ4n) is 2.53. The van der Waals surface area contributed by atoms with Crippen molar-refractivity contribution < 1.29 is 4.74 Å². The van der Waals surface area contributed by atoms with Crippen LogP contribution in [0.1, 0.15) is 59.8 Å². The zero-order valence-corrected chi connectivity index (χ0v) is 11.5. The third kappa shape index (κ3) is 4.42. The molecule has 1 N–H and O–H groups in total. The summed E-state index contributed by atoms with van der Waals surface area (Å²) in [5.41, 5.74) is 0.0255. The molecule has 0 aromatic carbocycles. The Morgan fingerprint density at radius 2 is 2.06 bits per heavy atom. The molecule has 96 valence electrons. The molecule has 0 heterocycles. The molecule has 1 fully saturated rings. The monoisotopic (exact) mass is 227 g/mol. The van der Waals surface area contributed by atoms with Crippen molar-refractivity contribution in [1.82, 2.24) is 5.32 Å². The van der Waals surface area contributed by atoms with Crippen LogP contribution in [0, 0.1) is 5.92 Å². The van der Waals surface area contributed by atoms with Gasteiger partial charge in [0.1, 0.15) is 0 Å². The second kappa shape index (κ2) is 6.61. The van der Waals surface area contributed by atoms with E-state index in [0.29, 0.717) is 6.10 Å². The summed E-state index contributed by atoms with van der Waals surface area (Å²) in [6.07, 6.45) is 6.81. The van der Waals surface area contributed by atoms with E-state index in [1.54, 1.807) is 0 Å². The van der Waals surface area contributed by atoms with Crippen molar-refractivity contribution in [3.63, 3.8) is 0 Å². The number of hydrogen-bond acceptors (Lipinski definition) is 2. The Bertz CT molecular complexity index is 195. The van der Waals surface area contributed by atoms with Gasteiger partial charge in [-0.25, -0.2) is 0 Å². The van der Waals surface area contributed by atoms with E-state index >= 15 is 0 Å². The van der Waals surface area contributed by atoms with E-state index in [1.807, 2.05) is 0 Å². The highest BCUT2D eigenvalue weighted by Crippen LogP contribution is 2.29. The maximum absolute atomic E-state index is 6.34. The number of nitrogens with one attached hydrogen (secondary N) is 1. The molecule has 3 atom stereocenters. The number of ether oxygens (including phenoxy) is 1. The summed E-state index contributed by atoms with van der Waals surface area (Å²) in [5.74, 6) is 0.846. The van der Waals surface area contributed by atoms with Crippen LogP contribution in [0.2, 0.25) is 0 Å². The molecule has 2 nitrogen and oxygen atoms in total. The summed E-state index contributed by atoms with van der Waals surface area (Å²) in [6, 6.07) is 0. The Kier molecular flexibility index (Phi) is 5.77. The van der Waals surface area contributed by atoms with Crippen LogP contribution in [0.3, 0.4) is 0 Å². The molecule has 0 aromatic heterocycles. The van der Waals surface area contributed by atoms with Gasteiger partial charge in [0.2, 0.25) is 0 Å². The molecule has 1 aliphatic rings. The lowest BCUT2D eigenvalue weighted by Crippen LogP contribution is -2.43. The Balaban J connectivity index is 2.41. The van der Waals surface area contributed by atoms with Crippen LogP contribution < -0.4 is 5.32 Å². The van der Waals surface area contributed by atoms with Gasteiger partial charge in [0.25, 0.3) is 0 Å². The Hall–Kier alpha value is -0.0800. The van der Waals surface area contributed by atoms with Crippen LogP contribution in [-0.4, -0.2) is 24.8 Å². The lowest BCUT2D eigenvalue weighted by atomic mass is 9.88. The number of likely N-dealkylation sites (N-methyl/N-ethyl adjacent to an activating group) is 1. The lowest BCUT2D eigenvalue weighted by molar-refractivity contribution is -0.101. The predicted molar refractivity (Wildman–Crippen MR) is 69.7 cm³/mol. The van der Waals surface area contributed by atoms with Crippen molar-refractivity contribution in [2.45, 2.75) is 71.5 Å². The molecular formula is C14H29NO. The number of rotatable bonds is 6. The minimum absolute atomic E-state index is 0.0255. The topological polar surface area (TPSA) is 21.3 Å². The first-order chi connectivity index (χ1) is 7.59. The van der Waals surface area contributed by atoms with E-state index in [4.69, 9.17) is 4.74 Å². The van der Waals surface area contributed by atoms with Crippen LogP contribution in [0.25, 0.3) is 0 Å². The first-order valence-electron chi connectivity index (χ1n) is 6.98. The van der Waals surface area contributed by atoms with Gasteiger partial charge in [-0.15, -0.1) is 0 Å². The third-order valence-electron chi connectivity index (χ3n) is 3.84. The van der Waals surface area contributed by atoms with E-state index < -0.39 is 0 Å². The van der Waals surface area contributed by atoms with Gasteiger partial charge in [0, 0.05) is 6.54 Å². The first-order valence-corrected chi connectivity index (χ1v) is 6.98. The molecule has 0 spiro atoms. The molecule has 1 aliphatic carbocycles. The van der Waals surface area contributed by atoms with Gasteiger partial charge in [0.15, 0.2) is 0 Å². The third-order valence-corrected chi connectivity index (χ3v) is 3.84. The van der Waals surface area contributed by atoms with Crippen molar-refractivity contribution in [3.05, 3.63) is 0 Å². The minimum atomic E-state index is 0.0255. The van der Waals surface area contributed by atoms with E-state index in [-0.39, 0.29) is 5.60 Å². The molecule has 0 saturated heterocycles. The first kappa shape index (κ1) is 14.0. The van der Waals surface area contributed by atoms with Crippen molar-refractivity contribution >= 4 is 0 Å². The fourth-order valence-corrected chi connectivity index (χ4v) is 2.53. The highest BCUT2D eigenvalue weighted by atomic mass is 16.5. The Labute approximate surface area is 101 Å². The molecule has 0 aromatic rings. The molecular weight excluding hydrogens is 198 g/mol. The highest BCUT2D eigenvalue weighted by molar-refractivity contribution is 4.80. The van der Waals surface area contributed by atoms with Crippen LogP contribution in [0.15, 0.2) is 0 Å². The summed E-state index contributed by atoms with van der Waals surface area (Å²) in [6.45, 7) is 11.0. The van der Waals surface area contributed by atoms with Crippen molar-refractivity contribution in [2.75, 3.05) is 13.1 Å². The molecule has 1 saturated carbocycles. The summed E-state index contributed by atoms with van der Waals surface area (Å²) < 4.78 is 6.34. The zero-order chi connectivity index (χ0) is 12.0. The molecule has 1 rings (SSSR count). The van der Waals surface area contributed by atoms with Gasteiger partial charge in [-0.1, -0.05) is 33.6 Å². The van der Waals surface area contributed by atoms with Gasteiger partial charge in [-0.2, -0.15) is 0 Å². The van der Waals surface area contributed by atoms with Crippen molar-refractivity contribution in [2.24, 2.45) is 5.92 Å². The molecule has 0 bridgehead atoms. The maximum Gasteiger partial charge on any atom is 0.0779 e. The zero-order valence-electron chi connectivity index (χ0n) is 11.5. The normalized spacial score (nSPS) is 30.0. The van der Waals surface area contributed by atoms with E-state index in [2.05, 4.69) is 33.0 Å². The van der Waals surface area contributed by atoms with Crippen LogP contribution in [0.5, 0.6) is 0 Å². The molecule has 0 aliphatic heterocycles. The van der Waals surface area contributed by atoms with Crippen molar-refractivity contribution in [1.29, 1.82) is 0 Å². The van der Waals surface area contributed by atoms with Gasteiger partial charge < -0.3 is 10.1 Å². The Morgan fingerprint density at radius 1 is 1.31 bits per heavy atom. The second-order valence-corrected chi connectivity index (χ2v) is 5.60. The molecule has 3 unspecified atom stereocenters. The SMILES string of the molecule is CCNCC(C)(CC)OC1CCCC(C)C1. The number of hydrogen-bond donors (Lipinski definition) is 1. The van der Waals surface area contributed by atoms with Gasteiger partial charge in [-0.05, 0) is 38.6 Å². The van der Waals surface area contributed by atoms with Gasteiger partial charge in [-0.3, -0.25) is 0 Å². The largest absolute Gasteiger partial charge is 0.371 e.